The lowest BCUT2D eigenvalue weighted by molar-refractivity contribution is -0.386. The Bertz CT molecular complexity index is 905. The summed E-state index contributed by atoms with van der Waals surface area (Å²) in [4.78, 5) is 27.7. The SMILES string of the molecule is Cc1nn(CC(=O)Nc2cc(Cl)ccc2N2CCN(C)CC2)c(C)c1[N+](=O)[O-]. The molecule has 10 heteroatoms. The van der Waals surface area contributed by atoms with E-state index in [1.807, 2.05) is 6.07 Å². The van der Waals surface area contributed by atoms with Crippen LogP contribution < -0.4 is 10.2 Å². The summed E-state index contributed by atoms with van der Waals surface area (Å²) >= 11 is 6.14. The molecule has 1 fully saturated rings. The average Bonchev–Trinajstić information content (AvgIpc) is 2.89. The Labute approximate surface area is 168 Å². The molecule has 2 heterocycles. The number of hydrogen-bond acceptors (Lipinski definition) is 6. The zero-order chi connectivity index (χ0) is 20.4. The number of rotatable bonds is 5. The first-order chi connectivity index (χ1) is 13.3. The lowest BCUT2D eigenvalue weighted by atomic mass is 10.2. The van der Waals surface area contributed by atoms with Gasteiger partial charge in [0.2, 0.25) is 5.91 Å². The van der Waals surface area contributed by atoms with Crippen molar-refractivity contribution in [3.63, 3.8) is 0 Å². The van der Waals surface area contributed by atoms with Crippen LogP contribution in [0.5, 0.6) is 0 Å². The minimum absolute atomic E-state index is 0.0614. The van der Waals surface area contributed by atoms with E-state index in [1.165, 1.54) is 4.68 Å². The first kappa shape index (κ1) is 20.1. The topological polar surface area (TPSA) is 96.5 Å². The minimum atomic E-state index is -0.478. The van der Waals surface area contributed by atoms with Gasteiger partial charge in [0.15, 0.2) is 0 Å². The monoisotopic (exact) mass is 406 g/mol. The molecule has 0 bridgehead atoms. The van der Waals surface area contributed by atoms with Crippen molar-refractivity contribution in [3.05, 3.63) is 44.7 Å². The Morgan fingerprint density at radius 2 is 1.96 bits per heavy atom. The normalized spacial score (nSPS) is 14.9. The molecule has 1 N–H and O–H groups in total. The minimum Gasteiger partial charge on any atom is -0.367 e. The Morgan fingerprint density at radius 1 is 1.29 bits per heavy atom. The number of amides is 1. The van der Waals surface area contributed by atoms with Gasteiger partial charge in [0.25, 0.3) is 0 Å². The van der Waals surface area contributed by atoms with Gasteiger partial charge in [-0.2, -0.15) is 5.10 Å². The quantitative estimate of drug-likeness (QED) is 0.605. The van der Waals surface area contributed by atoms with E-state index in [-0.39, 0.29) is 23.8 Å². The van der Waals surface area contributed by atoms with E-state index in [1.54, 1.807) is 26.0 Å². The van der Waals surface area contributed by atoms with Crippen LogP contribution in [-0.2, 0) is 11.3 Å². The van der Waals surface area contributed by atoms with E-state index in [2.05, 4.69) is 27.3 Å². The first-order valence-corrected chi connectivity index (χ1v) is 9.35. The van der Waals surface area contributed by atoms with Gasteiger partial charge in [-0.15, -0.1) is 0 Å². The molecule has 1 aliphatic rings. The van der Waals surface area contributed by atoms with Gasteiger partial charge >= 0.3 is 5.69 Å². The molecule has 1 aromatic heterocycles. The van der Waals surface area contributed by atoms with Crippen LogP contribution in [0.3, 0.4) is 0 Å². The summed E-state index contributed by atoms with van der Waals surface area (Å²) in [5, 5.41) is 18.7. The molecular weight excluding hydrogens is 384 g/mol. The van der Waals surface area contributed by atoms with E-state index in [0.29, 0.717) is 16.4 Å². The van der Waals surface area contributed by atoms with Gasteiger partial charge in [0, 0.05) is 31.2 Å². The van der Waals surface area contributed by atoms with Gasteiger partial charge < -0.3 is 15.1 Å². The molecule has 0 aliphatic carbocycles. The van der Waals surface area contributed by atoms with Gasteiger partial charge in [-0.1, -0.05) is 11.6 Å². The largest absolute Gasteiger partial charge is 0.367 e. The van der Waals surface area contributed by atoms with E-state index in [0.717, 1.165) is 31.9 Å². The summed E-state index contributed by atoms with van der Waals surface area (Å²) in [6.07, 6.45) is 0. The van der Waals surface area contributed by atoms with E-state index in [9.17, 15) is 14.9 Å². The molecule has 3 rings (SSSR count). The van der Waals surface area contributed by atoms with Crippen molar-refractivity contribution in [2.24, 2.45) is 0 Å². The number of halogens is 1. The maximum absolute atomic E-state index is 12.6. The number of nitro groups is 1. The number of anilines is 2. The molecular formula is C18H23ClN6O3. The second-order valence-corrected chi connectivity index (χ2v) is 7.37. The highest BCUT2D eigenvalue weighted by molar-refractivity contribution is 6.31. The first-order valence-electron chi connectivity index (χ1n) is 8.97. The predicted molar refractivity (Wildman–Crippen MR) is 108 cm³/mol. The summed E-state index contributed by atoms with van der Waals surface area (Å²) in [7, 11) is 2.08. The summed E-state index contributed by atoms with van der Waals surface area (Å²) in [6.45, 7) is 6.60. The van der Waals surface area contributed by atoms with Gasteiger partial charge in [0.1, 0.15) is 17.9 Å². The predicted octanol–water partition coefficient (Wildman–Crippen LogP) is 2.45. The molecule has 0 unspecified atom stereocenters. The molecule has 1 amide bonds. The molecule has 1 saturated heterocycles. The number of piperazine rings is 1. The molecule has 9 nitrogen and oxygen atoms in total. The average molecular weight is 407 g/mol. The summed E-state index contributed by atoms with van der Waals surface area (Å²) in [5.74, 6) is -0.321. The molecule has 0 radical (unpaired) electrons. The van der Waals surface area contributed by atoms with Crippen LogP contribution in [0.4, 0.5) is 17.1 Å². The third-order valence-corrected chi connectivity index (χ3v) is 5.13. The van der Waals surface area contributed by atoms with E-state index < -0.39 is 4.92 Å². The molecule has 28 heavy (non-hydrogen) atoms. The Balaban J connectivity index is 1.78. The van der Waals surface area contributed by atoms with Crippen molar-refractivity contribution in [2.45, 2.75) is 20.4 Å². The molecule has 0 saturated carbocycles. The van der Waals surface area contributed by atoms with Crippen molar-refractivity contribution >= 4 is 34.6 Å². The van der Waals surface area contributed by atoms with Crippen LogP contribution in [0.1, 0.15) is 11.4 Å². The molecule has 150 valence electrons. The third-order valence-electron chi connectivity index (χ3n) is 4.90. The van der Waals surface area contributed by atoms with Gasteiger partial charge in [-0.05, 0) is 39.1 Å². The number of aromatic nitrogens is 2. The summed E-state index contributed by atoms with van der Waals surface area (Å²) < 4.78 is 1.35. The zero-order valence-electron chi connectivity index (χ0n) is 16.1. The van der Waals surface area contributed by atoms with Crippen molar-refractivity contribution in [1.29, 1.82) is 0 Å². The second-order valence-electron chi connectivity index (χ2n) is 6.93. The van der Waals surface area contributed by atoms with Crippen LogP contribution >= 0.6 is 11.6 Å². The highest BCUT2D eigenvalue weighted by atomic mass is 35.5. The maximum atomic E-state index is 12.6. The fourth-order valence-electron chi connectivity index (χ4n) is 3.36. The van der Waals surface area contributed by atoms with Crippen molar-refractivity contribution in [3.8, 4) is 0 Å². The number of aryl methyl sites for hydroxylation is 1. The molecule has 1 aromatic carbocycles. The Hall–Kier alpha value is -2.65. The number of hydrogen-bond donors (Lipinski definition) is 1. The van der Waals surface area contributed by atoms with Crippen LogP contribution in [0.15, 0.2) is 18.2 Å². The Kier molecular flexibility index (Phi) is 5.85. The number of nitrogens with one attached hydrogen (secondary N) is 1. The summed E-state index contributed by atoms with van der Waals surface area (Å²) in [6, 6.07) is 5.42. The highest BCUT2D eigenvalue weighted by Crippen LogP contribution is 2.30. The number of likely N-dealkylation sites (N-methyl/N-ethyl adjacent to an activating group) is 1. The molecule has 2 aromatic rings. The summed E-state index contributed by atoms with van der Waals surface area (Å²) in [5.41, 5.74) is 2.11. The zero-order valence-corrected chi connectivity index (χ0v) is 16.9. The number of benzene rings is 1. The van der Waals surface area contributed by atoms with Gasteiger partial charge in [-0.3, -0.25) is 19.6 Å². The lowest BCUT2D eigenvalue weighted by Gasteiger charge is -2.35. The molecule has 0 atom stereocenters. The fraction of sp³-hybridized carbons (Fsp3) is 0.444. The highest BCUT2D eigenvalue weighted by Gasteiger charge is 2.23. The van der Waals surface area contributed by atoms with Gasteiger partial charge in [0.05, 0.1) is 16.3 Å². The fourth-order valence-corrected chi connectivity index (χ4v) is 3.53. The maximum Gasteiger partial charge on any atom is 0.312 e. The standard InChI is InChI=1S/C18H23ClN6O3/c1-12-18(25(27)28)13(2)24(21-12)11-17(26)20-15-10-14(19)4-5-16(15)23-8-6-22(3)7-9-23/h4-5,10H,6-9,11H2,1-3H3,(H,20,26). The molecule has 1 aliphatic heterocycles. The second kappa shape index (κ2) is 8.15. The molecule has 0 spiro atoms. The van der Waals surface area contributed by atoms with Crippen LogP contribution in [-0.4, -0.2) is 58.7 Å². The van der Waals surface area contributed by atoms with E-state index in [4.69, 9.17) is 11.6 Å². The number of carbonyl (C=O) groups excluding carboxylic acids is 1. The number of carbonyl (C=O) groups is 1. The van der Waals surface area contributed by atoms with Crippen molar-refractivity contribution < 1.29 is 9.72 Å². The smallest absolute Gasteiger partial charge is 0.312 e. The van der Waals surface area contributed by atoms with Crippen molar-refractivity contribution in [2.75, 3.05) is 43.4 Å². The van der Waals surface area contributed by atoms with Crippen molar-refractivity contribution in [1.82, 2.24) is 14.7 Å². The van der Waals surface area contributed by atoms with Crippen LogP contribution in [0, 0.1) is 24.0 Å². The lowest BCUT2D eigenvalue weighted by Crippen LogP contribution is -2.44. The third kappa shape index (κ3) is 4.26. The van der Waals surface area contributed by atoms with Crippen LogP contribution in [0.2, 0.25) is 5.02 Å². The van der Waals surface area contributed by atoms with Crippen LogP contribution in [0.25, 0.3) is 0 Å². The Morgan fingerprint density at radius 3 is 2.57 bits per heavy atom. The van der Waals surface area contributed by atoms with Gasteiger partial charge in [-0.25, -0.2) is 0 Å². The number of nitrogens with zero attached hydrogens (tertiary/aromatic N) is 5. The van der Waals surface area contributed by atoms with E-state index >= 15 is 0 Å².